The molecule has 1 heterocycles. The lowest BCUT2D eigenvalue weighted by Gasteiger charge is -2.40. The highest BCUT2D eigenvalue weighted by Gasteiger charge is 2.50. The van der Waals surface area contributed by atoms with Gasteiger partial charge in [0.1, 0.15) is 0 Å². The summed E-state index contributed by atoms with van der Waals surface area (Å²) < 4.78 is 1.17. The number of rotatable bonds is 1. The zero-order chi connectivity index (χ0) is 10.5. The van der Waals surface area contributed by atoms with Gasteiger partial charge in [0.05, 0.1) is 16.9 Å². The molecular formula is C12H15BrN2. The second kappa shape index (κ2) is 3.14. The number of hydrogen-bond donors (Lipinski definition) is 1. The summed E-state index contributed by atoms with van der Waals surface area (Å²) in [6.45, 7) is 4.44. The molecule has 0 aromatic heterocycles. The summed E-state index contributed by atoms with van der Waals surface area (Å²) in [5.74, 6) is 0. The molecule has 0 atom stereocenters. The number of hydrogen-bond acceptors (Lipinski definition) is 2. The van der Waals surface area contributed by atoms with Crippen molar-refractivity contribution in [3.63, 3.8) is 0 Å². The van der Waals surface area contributed by atoms with Gasteiger partial charge in [-0.2, -0.15) is 0 Å². The summed E-state index contributed by atoms with van der Waals surface area (Å²) in [5.41, 5.74) is 3.05. The maximum absolute atomic E-state index is 3.61. The van der Waals surface area contributed by atoms with Gasteiger partial charge < -0.3 is 10.2 Å². The lowest BCUT2D eigenvalue weighted by atomic mass is 10.1. The predicted octanol–water partition coefficient (Wildman–Crippen LogP) is 3.23. The van der Waals surface area contributed by atoms with Crippen LogP contribution in [-0.2, 0) is 0 Å². The molecule has 0 amide bonds. The molecule has 1 aromatic carbocycles. The van der Waals surface area contributed by atoms with E-state index >= 15 is 0 Å². The van der Waals surface area contributed by atoms with Gasteiger partial charge in [-0.1, -0.05) is 6.07 Å². The largest absolute Gasteiger partial charge is 0.380 e. The fraction of sp³-hybridized carbons (Fsp3) is 0.500. The maximum atomic E-state index is 3.61. The number of halogens is 1. The Bertz CT molecular complexity index is 399. The van der Waals surface area contributed by atoms with E-state index in [0.717, 1.165) is 13.1 Å². The average molecular weight is 267 g/mol. The smallest absolute Gasteiger partial charge is 0.0723 e. The van der Waals surface area contributed by atoms with Crippen LogP contribution < -0.4 is 10.2 Å². The maximum Gasteiger partial charge on any atom is 0.0723 e. The van der Waals surface area contributed by atoms with Gasteiger partial charge in [0, 0.05) is 17.6 Å². The minimum atomic E-state index is 0.433. The SMILES string of the molecule is CCN1c2cccc(Br)c2NCC12CC2. The van der Waals surface area contributed by atoms with Crippen LogP contribution >= 0.6 is 15.9 Å². The van der Waals surface area contributed by atoms with E-state index in [0.29, 0.717) is 5.54 Å². The number of fused-ring (bicyclic) bond motifs is 1. The van der Waals surface area contributed by atoms with Crippen LogP contribution in [-0.4, -0.2) is 18.6 Å². The standard InChI is InChI=1S/C12H15BrN2/c1-2-15-10-5-3-4-9(13)11(10)14-8-12(15)6-7-12/h3-5,14H,2,6-8H2,1H3. The number of nitrogens with zero attached hydrogens (tertiary/aromatic N) is 1. The second-order valence-corrected chi connectivity index (χ2v) is 5.31. The molecule has 1 fully saturated rings. The van der Waals surface area contributed by atoms with Crippen molar-refractivity contribution >= 4 is 27.3 Å². The summed E-state index contributed by atoms with van der Waals surface area (Å²) in [5, 5.41) is 3.56. The van der Waals surface area contributed by atoms with Crippen LogP contribution in [0.25, 0.3) is 0 Å². The number of benzene rings is 1. The van der Waals surface area contributed by atoms with Crippen molar-refractivity contribution in [2.24, 2.45) is 0 Å². The van der Waals surface area contributed by atoms with Crippen LogP contribution in [0.4, 0.5) is 11.4 Å². The van der Waals surface area contributed by atoms with Crippen molar-refractivity contribution in [1.82, 2.24) is 0 Å². The molecule has 0 unspecified atom stereocenters. The third kappa shape index (κ3) is 1.29. The highest BCUT2D eigenvalue weighted by Crippen LogP contribution is 2.50. The number of likely N-dealkylation sites (N-methyl/N-ethyl adjacent to an activating group) is 1. The van der Waals surface area contributed by atoms with Crippen LogP contribution in [0.1, 0.15) is 19.8 Å². The Morgan fingerprint density at radius 2 is 2.27 bits per heavy atom. The third-order valence-corrected chi connectivity index (χ3v) is 4.25. The van der Waals surface area contributed by atoms with Crippen LogP contribution in [0.5, 0.6) is 0 Å². The molecule has 2 nitrogen and oxygen atoms in total. The van der Waals surface area contributed by atoms with E-state index in [9.17, 15) is 0 Å². The van der Waals surface area contributed by atoms with Gasteiger partial charge in [0.2, 0.25) is 0 Å². The first-order valence-corrected chi connectivity index (χ1v) is 6.36. The molecular weight excluding hydrogens is 252 g/mol. The van der Waals surface area contributed by atoms with E-state index in [2.05, 4.69) is 51.3 Å². The third-order valence-electron chi connectivity index (χ3n) is 3.59. The average Bonchev–Trinajstić information content (AvgIpc) is 2.99. The topological polar surface area (TPSA) is 15.3 Å². The van der Waals surface area contributed by atoms with Crippen LogP contribution in [0.15, 0.2) is 22.7 Å². The van der Waals surface area contributed by atoms with Crippen molar-refractivity contribution in [2.45, 2.75) is 25.3 Å². The Labute approximate surface area is 98.8 Å². The van der Waals surface area contributed by atoms with Crippen molar-refractivity contribution < 1.29 is 0 Å². The van der Waals surface area contributed by atoms with Crippen LogP contribution in [0, 0.1) is 0 Å². The van der Waals surface area contributed by atoms with E-state index in [1.165, 1.54) is 28.7 Å². The van der Waals surface area contributed by atoms with Gasteiger partial charge in [0.15, 0.2) is 0 Å². The van der Waals surface area contributed by atoms with Gasteiger partial charge in [-0.15, -0.1) is 0 Å². The quantitative estimate of drug-likeness (QED) is 0.840. The van der Waals surface area contributed by atoms with Crippen molar-refractivity contribution in [3.8, 4) is 0 Å². The Kier molecular flexibility index (Phi) is 2.00. The lowest BCUT2D eigenvalue weighted by Crippen LogP contribution is -2.46. The van der Waals surface area contributed by atoms with E-state index in [4.69, 9.17) is 0 Å². The first-order chi connectivity index (χ1) is 7.27. The lowest BCUT2D eigenvalue weighted by molar-refractivity contribution is 0.605. The zero-order valence-electron chi connectivity index (χ0n) is 8.89. The van der Waals surface area contributed by atoms with Crippen molar-refractivity contribution in [2.75, 3.05) is 23.3 Å². The molecule has 1 N–H and O–H groups in total. The van der Waals surface area contributed by atoms with Crippen molar-refractivity contribution in [3.05, 3.63) is 22.7 Å². The Morgan fingerprint density at radius 1 is 1.47 bits per heavy atom. The van der Waals surface area contributed by atoms with Gasteiger partial charge in [-0.05, 0) is 47.8 Å². The first-order valence-electron chi connectivity index (χ1n) is 5.57. The first kappa shape index (κ1) is 9.52. The molecule has 1 spiro atoms. The van der Waals surface area contributed by atoms with Gasteiger partial charge in [-0.25, -0.2) is 0 Å². The zero-order valence-corrected chi connectivity index (χ0v) is 10.5. The summed E-state index contributed by atoms with van der Waals surface area (Å²) in [6.07, 6.45) is 2.67. The molecule has 80 valence electrons. The molecule has 3 rings (SSSR count). The van der Waals surface area contributed by atoms with E-state index in [1.807, 2.05) is 0 Å². The minimum absolute atomic E-state index is 0.433. The minimum Gasteiger partial charge on any atom is -0.380 e. The molecule has 15 heavy (non-hydrogen) atoms. The predicted molar refractivity (Wildman–Crippen MR) is 67.6 cm³/mol. The summed E-state index contributed by atoms with van der Waals surface area (Å²) in [6, 6.07) is 6.44. The Balaban J connectivity index is 2.10. The fourth-order valence-corrected chi connectivity index (χ4v) is 3.11. The summed E-state index contributed by atoms with van der Waals surface area (Å²) in [4.78, 5) is 2.56. The molecule has 0 saturated heterocycles. The van der Waals surface area contributed by atoms with E-state index in [1.54, 1.807) is 0 Å². The fourth-order valence-electron chi connectivity index (χ4n) is 2.61. The second-order valence-electron chi connectivity index (χ2n) is 4.46. The number of anilines is 2. The van der Waals surface area contributed by atoms with Crippen molar-refractivity contribution in [1.29, 1.82) is 0 Å². The molecule has 3 heteroatoms. The molecule has 1 aromatic rings. The monoisotopic (exact) mass is 266 g/mol. The number of nitrogens with one attached hydrogen (secondary N) is 1. The Morgan fingerprint density at radius 3 is 2.93 bits per heavy atom. The van der Waals surface area contributed by atoms with E-state index < -0.39 is 0 Å². The number of para-hydroxylation sites is 1. The summed E-state index contributed by atoms with van der Waals surface area (Å²) in [7, 11) is 0. The molecule has 1 aliphatic carbocycles. The normalized spacial score (nSPS) is 21.1. The van der Waals surface area contributed by atoms with E-state index in [-0.39, 0.29) is 0 Å². The van der Waals surface area contributed by atoms with Gasteiger partial charge in [0.25, 0.3) is 0 Å². The van der Waals surface area contributed by atoms with Gasteiger partial charge >= 0.3 is 0 Å². The molecule has 2 aliphatic rings. The molecule has 0 bridgehead atoms. The van der Waals surface area contributed by atoms with Gasteiger partial charge in [-0.3, -0.25) is 0 Å². The molecule has 1 aliphatic heterocycles. The molecule has 1 saturated carbocycles. The van der Waals surface area contributed by atoms with Crippen LogP contribution in [0.2, 0.25) is 0 Å². The molecule has 0 radical (unpaired) electrons. The van der Waals surface area contributed by atoms with Crippen LogP contribution in [0.3, 0.4) is 0 Å². The highest BCUT2D eigenvalue weighted by atomic mass is 79.9. The Hall–Kier alpha value is -0.700. The summed E-state index contributed by atoms with van der Waals surface area (Å²) >= 11 is 3.61. The highest BCUT2D eigenvalue weighted by molar-refractivity contribution is 9.10.